The molecule has 1 fully saturated rings. The molecule has 2 aromatic rings. The number of nitrogens with one attached hydrogen (secondary N) is 1. The van der Waals surface area contributed by atoms with Gasteiger partial charge in [0.25, 0.3) is 0 Å². The number of carboxylic acid groups (broad SMARTS) is 2. The number of hydrogen-bond acceptors (Lipinski definition) is 5. The lowest BCUT2D eigenvalue weighted by Gasteiger charge is -2.14. The lowest BCUT2D eigenvalue weighted by Crippen LogP contribution is -2.25. The molecule has 0 atom stereocenters. The summed E-state index contributed by atoms with van der Waals surface area (Å²) in [4.78, 5) is 21.5. The Labute approximate surface area is 173 Å². The van der Waals surface area contributed by atoms with Crippen molar-refractivity contribution in [3.05, 3.63) is 47.0 Å². The van der Waals surface area contributed by atoms with Crippen LogP contribution in [0.2, 0.25) is 5.02 Å². The van der Waals surface area contributed by atoms with Crippen molar-refractivity contribution in [1.82, 2.24) is 15.1 Å². The van der Waals surface area contributed by atoms with Crippen molar-refractivity contribution in [1.29, 1.82) is 0 Å². The summed E-state index contributed by atoms with van der Waals surface area (Å²) in [6.45, 7) is 6.07. The van der Waals surface area contributed by atoms with Gasteiger partial charge < -0.3 is 14.9 Å². The molecule has 2 heterocycles. The zero-order chi connectivity index (χ0) is 21.2. The third-order valence-electron chi connectivity index (χ3n) is 4.31. The van der Waals surface area contributed by atoms with E-state index in [2.05, 4.69) is 15.1 Å². The van der Waals surface area contributed by atoms with Crippen LogP contribution in [0.25, 0.3) is 11.3 Å². The van der Waals surface area contributed by atoms with Gasteiger partial charge in [0.05, 0.1) is 5.69 Å². The summed E-state index contributed by atoms with van der Waals surface area (Å²) in [6.07, 6.45) is 3.73. The summed E-state index contributed by atoms with van der Waals surface area (Å²) in [6, 6.07) is 7.73. The molecule has 1 aliphatic heterocycles. The van der Waals surface area contributed by atoms with Crippen LogP contribution in [-0.2, 0) is 9.59 Å². The standard InChI is InChI=1S/C16H20ClN3O.C4H4O4/c1-12-15(13-4-6-14(17)7-5-13)18-19-16(12)21-11-10-20-8-2-3-9-20;5-3(6)1-2-4(7)8/h4-7H,2-3,8-11H2,1H3,(H,18,19);1-2H,(H,5,6)(H,7,8)/b;2-1-. The maximum absolute atomic E-state index is 9.55. The average Bonchev–Trinajstić information content (AvgIpc) is 3.32. The highest BCUT2D eigenvalue weighted by Gasteiger charge is 2.14. The molecule has 156 valence electrons. The monoisotopic (exact) mass is 421 g/mol. The van der Waals surface area contributed by atoms with Crippen LogP contribution < -0.4 is 4.74 Å². The van der Waals surface area contributed by atoms with Crippen molar-refractivity contribution in [2.75, 3.05) is 26.2 Å². The third kappa shape index (κ3) is 7.59. The van der Waals surface area contributed by atoms with Gasteiger partial charge in [-0.3, -0.25) is 10.00 Å². The number of aromatic amines is 1. The van der Waals surface area contributed by atoms with Gasteiger partial charge in [0.1, 0.15) is 6.61 Å². The molecule has 0 aliphatic carbocycles. The lowest BCUT2D eigenvalue weighted by molar-refractivity contribution is -0.134. The van der Waals surface area contributed by atoms with E-state index < -0.39 is 11.9 Å². The van der Waals surface area contributed by atoms with E-state index >= 15 is 0 Å². The molecule has 29 heavy (non-hydrogen) atoms. The molecular weight excluding hydrogens is 398 g/mol. The highest BCUT2D eigenvalue weighted by atomic mass is 35.5. The van der Waals surface area contributed by atoms with Crippen molar-refractivity contribution >= 4 is 23.5 Å². The first-order valence-electron chi connectivity index (χ1n) is 9.17. The van der Waals surface area contributed by atoms with Crippen LogP contribution in [0.4, 0.5) is 0 Å². The van der Waals surface area contributed by atoms with Crippen LogP contribution in [0.15, 0.2) is 36.4 Å². The summed E-state index contributed by atoms with van der Waals surface area (Å²) < 4.78 is 5.81. The minimum atomic E-state index is -1.26. The number of ether oxygens (including phenoxy) is 1. The van der Waals surface area contributed by atoms with Crippen LogP contribution >= 0.6 is 11.6 Å². The Kier molecular flexibility index (Phi) is 8.69. The van der Waals surface area contributed by atoms with Gasteiger partial charge in [-0.2, -0.15) is 0 Å². The zero-order valence-corrected chi connectivity index (χ0v) is 16.9. The number of nitrogens with zero attached hydrogens (tertiary/aromatic N) is 2. The van der Waals surface area contributed by atoms with Crippen LogP contribution in [-0.4, -0.2) is 63.5 Å². The predicted octanol–water partition coefficient (Wildman–Crippen LogP) is 3.22. The number of benzene rings is 1. The molecule has 0 unspecified atom stereocenters. The minimum Gasteiger partial charge on any atom is -0.478 e. The summed E-state index contributed by atoms with van der Waals surface area (Å²) in [5.41, 5.74) is 3.10. The van der Waals surface area contributed by atoms with Gasteiger partial charge in [-0.15, -0.1) is 5.10 Å². The predicted molar refractivity (Wildman–Crippen MR) is 109 cm³/mol. The molecule has 0 saturated carbocycles. The van der Waals surface area contributed by atoms with Crippen molar-refractivity contribution in [3.63, 3.8) is 0 Å². The molecule has 0 bridgehead atoms. The topological polar surface area (TPSA) is 116 Å². The van der Waals surface area contributed by atoms with Crippen molar-refractivity contribution in [2.24, 2.45) is 0 Å². The number of carbonyl (C=O) groups is 2. The van der Waals surface area contributed by atoms with Gasteiger partial charge in [-0.1, -0.05) is 23.7 Å². The number of carboxylic acids is 2. The molecule has 0 radical (unpaired) electrons. The highest BCUT2D eigenvalue weighted by molar-refractivity contribution is 6.30. The number of aliphatic carboxylic acids is 2. The Morgan fingerprint density at radius 2 is 1.76 bits per heavy atom. The zero-order valence-electron chi connectivity index (χ0n) is 16.1. The Bertz CT molecular complexity index is 826. The number of likely N-dealkylation sites (tertiary alicyclic amines) is 1. The second kappa shape index (κ2) is 11.2. The molecule has 0 spiro atoms. The van der Waals surface area contributed by atoms with E-state index in [1.807, 2.05) is 31.2 Å². The minimum absolute atomic E-state index is 0.558. The molecule has 1 aromatic carbocycles. The molecule has 1 aliphatic rings. The van der Waals surface area contributed by atoms with Crippen LogP contribution in [0, 0.1) is 6.92 Å². The Morgan fingerprint density at radius 1 is 1.17 bits per heavy atom. The molecule has 3 rings (SSSR count). The summed E-state index contributed by atoms with van der Waals surface area (Å²) in [5.74, 6) is -1.82. The fraction of sp³-hybridized carbons (Fsp3) is 0.350. The van der Waals surface area contributed by atoms with Gasteiger partial charge >= 0.3 is 11.9 Å². The SMILES string of the molecule is Cc1c(OCCN2CCCC2)n[nH]c1-c1ccc(Cl)cc1.O=C(O)/C=C\C(=O)O. The number of hydrogen-bond donors (Lipinski definition) is 3. The largest absolute Gasteiger partial charge is 0.478 e. The first-order valence-corrected chi connectivity index (χ1v) is 9.54. The first-order chi connectivity index (χ1) is 13.9. The summed E-state index contributed by atoms with van der Waals surface area (Å²) in [7, 11) is 0. The third-order valence-corrected chi connectivity index (χ3v) is 4.56. The fourth-order valence-electron chi connectivity index (χ4n) is 2.84. The average molecular weight is 422 g/mol. The Morgan fingerprint density at radius 3 is 2.31 bits per heavy atom. The maximum atomic E-state index is 9.55. The van der Waals surface area contributed by atoms with Gasteiger partial charge in [0.15, 0.2) is 0 Å². The van der Waals surface area contributed by atoms with Crippen LogP contribution in [0.5, 0.6) is 5.88 Å². The van der Waals surface area contributed by atoms with Crippen LogP contribution in [0.1, 0.15) is 18.4 Å². The van der Waals surface area contributed by atoms with Crippen LogP contribution in [0.3, 0.4) is 0 Å². The van der Waals surface area contributed by atoms with Crippen molar-refractivity contribution < 1.29 is 24.5 Å². The van der Waals surface area contributed by atoms with Crippen molar-refractivity contribution in [2.45, 2.75) is 19.8 Å². The van der Waals surface area contributed by atoms with Crippen molar-refractivity contribution in [3.8, 4) is 17.1 Å². The van der Waals surface area contributed by atoms with E-state index in [0.717, 1.165) is 28.4 Å². The quantitative estimate of drug-likeness (QED) is 0.587. The molecular formula is C20H24ClN3O5. The first kappa shape index (κ1) is 22.4. The molecule has 9 heteroatoms. The maximum Gasteiger partial charge on any atom is 0.328 e. The molecule has 1 aromatic heterocycles. The second-order valence-corrected chi connectivity index (χ2v) is 6.88. The van der Waals surface area contributed by atoms with Gasteiger partial charge in [0.2, 0.25) is 5.88 Å². The smallest absolute Gasteiger partial charge is 0.328 e. The van der Waals surface area contributed by atoms with E-state index in [0.29, 0.717) is 24.6 Å². The van der Waals surface area contributed by atoms with Gasteiger partial charge in [0, 0.05) is 34.8 Å². The number of H-pyrrole nitrogens is 1. The van der Waals surface area contributed by atoms with E-state index in [1.54, 1.807) is 0 Å². The Hall–Kier alpha value is -2.84. The van der Waals surface area contributed by atoms with E-state index in [1.165, 1.54) is 25.9 Å². The molecule has 3 N–H and O–H groups in total. The van der Waals surface area contributed by atoms with E-state index in [9.17, 15) is 9.59 Å². The number of aromatic nitrogens is 2. The van der Waals surface area contributed by atoms with E-state index in [-0.39, 0.29) is 0 Å². The number of halogens is 1. The lowest BCUT2D eigenvalue weighted by atomic mass is 10.1. The molecule has 1 saturated heterocycles. The molecule has 0 amide bonds. The number of rotatable bonds is 7. The van der Waals surface area contributed by atoms with E-state index in [4.69, 9.17) is 26.6 Å². The summed E-state index contributed by atoms with van der Waals surface area (Å²) >= 11 is 5.92. The second-order valence-electron chi connectivity index (χ2n) is 6.44. The van der Waals surface area contributed by atoms with Gasteiger partial charge in [-0.25, -0.2) is 9.59 Å². The Balaban J connectivity index is 0.000000321. The normalized spacial score (nSPS) is 13.9. The fourth-order valence-corrected chi connectivity index (χ4v) is 2.97. The highest BCUT2D eigenvalue weighted by Crippen LogP contribution is 2.28. The molecule has 8 nitrogen and oxygen atoms in total. The van der Waals surface area contributed by atoms with Gasteiger partial charge in [-0.05, 0) is 45.0 Å². The summed E-state index contributed by atoms with van der Waals surface area (Å²) in [5, 5.41) is 23.7.